The van der Waals surface area contributed by atoms with Gasteiger partial charge in [-0.15, -0.1) is 0 Å². The summed E-state index contributed by atoms with van der Waals surface area (Å²) < 4.78 is 22.3. The van der Waals surface area contributed by atoms with Crippen molar-refractivity contribution in [2.24, 2.45) is 0 Å². The molecule has 0 aromatic heterocycles. The van der Waals surface area contributed by atoms with Crippen LogP contribution in [0.5, 0.6) is 23.0 Å². The molecule has 12 heteroatoms. The largest absolute Gasteiger partial charge is 0.494 e. The summed E-state index contributed by atoms with van der Waals surface area (Å²) in [6.07, 6.45) is 5.66. The van der Waals surface area contributed by atoms with E-state index in [0.29, 0.717) is 37.9 Å². The van der Waals surface area contributed by atoms with Crippen LogP contribution in [-0.4, -0.2) is 36.3 Å². The Kier molecular flexibility index (Phi) is 15.0. The molecule has 0 unspecified atom stereocenters. The molecule has 4 aromatic carbocycles. The fourth-order valence-electron chi connectivity index (χ4n) is 3.98. The lowest BCUT2D eigenvalue weighted by atomic mass is 10.2. The lowest BCUT2D eigenvalue weighted by Gasteiger charge is -2.08. The smallest absolute Gasteiger partial charge is 0.269 e. The molecule has 0 bridgehead atoms. The number of nitrogen functional groups attached to an aromatic ring is 2. The van der Waals surface area contributed by atoms with E-state index in [1.165, 1.54) is 24.3 Å². The van der Waals surface area contributed by atoms with Gasteiger partial charge in [-0.25, -0.2) is 0 Å². The van der Waals surface area contributed by atoms with Gasteiger partial charge in [0.1, 0.15) is 23.0 Å². The van der Waals surface area contributed by atoms with Crippen molar-refractivity contribution in [3.8, 4) is 23.0 Å². The predicted octanol–water partition coefficient (Wildman–Crippen LogP) is 7.61. The van der Waals surface area contributed by atoms with E-state index in [9.17, 15) is 20.2 Å². The lowest BCUT2D eigenvalue weighted by molar-refractivity contribution is -0.385. The van der Waals surface area contributed by atoms with Crippen molar-refractivity contribution in [1.82, 2.24) is 0 Å². The van der Waals surface area contributed by atoms with Crippen molar-refractivity contribution >= 4 is 22.7 Å². The van der Waals surface area contributed by atoms with E-state index in [1.54, 1.807) is 24.3 Å². The molecule has 0 aliphatic heterocycles. The van der Waals surface area contributed by atoms with E-state index in [1.807, 2.05) is 48.5 Å². The van der Waals surface area contributed by atoms with Gasteiger partial charge in [-0.05, 0) is 111 Å². The van der Waals surface area contributed by atoms with E-state index in [2.05, 4.69) is 0 Å². The summed E-state index contributed by atoms with van der Waals surface area (Å²) in [4.78, 5) is 20.2. The van der Waals surface area contributed by atoms with Crippen LogP contribution in [0, 0.1) is 20.2 Å². The van der Waals surface area contributed by atoms with Crippen LogP contribution < -0.4 is 30.4 Å². The number of non-ortho nitro benzene ring substituents is 2. The Morgan fingerprint density at radius 3 is 0.891 bits per heavy atom. The molecule has 12 nitrogen and oxygen atoms in total. The van der Waals surface area contributed by atoms with Crippen LogP contribution in [0.15, 0.2) is 97.1 Å². The second-order valence-corrected chi connectivity index (χ2v) is 10.2. The summed E-state index contributed by atoms with van der Waals surface area (Å²) in [7, 11) is 0. The van der Waals surface area contributed by atoms with Gasteiger partial charge in [-0.2, -0.15) is 0 Å². The minimum absolute atomic E-state index is 0.0377. The van der Waals surface area contributed by atoms with Crippen molar-refractivity contribution < 1.29 is 28.8 Å². The molecule has 4 rings (SSSR count). The third kappa shape index (κ3) is 13.8. The average molecular weight is 633 g/mol. The van der Waals surface area contributed by atoms with E-state index < -0.39 is 9.85 Å². The summed E-state index contributed by atoms with van der Waals surface area (Å²) in [5.74, 6) is 2.94. The quantitative estimate of drug-likeness (QED) is 0.0480. The molecule has 0 aliphatic rings. The number of nitro groups is 2. The highest BCUT2D eigenvalue weighted by molar-refractivity contribution is 5.42. The molecule has 0 fully saturated rings. The minimum Gasteiger partial charge on any atom is -0.494 e. The van der Waals surface area contributed by atoms with Gasteiger partial charge in [0, 0.05) is 35.6 Å². The van der Waals surface area contributed by atoms with Gasteiger partial charge < -0.3 is 30.4 Å². The molecule has 0 aliphatic carbocycles. The SMILES string of the molecule is Nc1ccc(OCCCCCOc2ccc(N)cc2)cc1.O=[N+]([O-])c1ccc(OCCCCCOc2ccc([N+](=O)[O-])cc2)cc1. The highest BCUT2D eigenvalue weighted by Gasteiger charge is 2.05. The van der Waals surface area contributed by atoms with Crippen LogP contribution in [0.4, 0.5) is 22.7 Å². The first kappa shape index (κ1) is 35.0. The Labute approximate surface area is 268 Å². The molecule has 4 aromatic rings. The van der Waals surface area contributed by atoms with E-state index in [-0.39, 0.29) is 11.4 Å². The standard InChI is InChI=1S/C17H18N2O6.C17H22N2O2/c20-18(21)14-4-8-16(9-5-14)24-12-2-1-3-13-25-17-10-6-15(7-11-17)19(22)23;18-14-4-8-16(9-5-14)20-12-2-1-3-13-21-17-10-6-15(19)7-11-17/h4-11H,1-3,12-13H2;4-11H,1-3,12-13,18-19H2. The van der Waals surface area contributed by atoms with Gasteiger partial charge >= 0.3 is 0 Å². The number of nitrogens with two attached hydrogens (primary N) is 2. The maximum Gasteiger partial charge on any atom is 0.269 e. The first-order chi connectivity index (χ1) is 22.3. The van der Waals surface area contributed by atoms with Crippen LogP contribution in [-0.2, 0) is 0 Å². The fraction of sp³-hybridized carbons (Fsp3) is 0.294. The topological polar surface area (TPSA) is 175 Å². The summed E-state index contributed by atoms with van der Waals surface area (Å²) in [5, 5.41) is 21.1. The normalized spacial score (nSPS) is 10.3. The van der Waals surface area contributed by atoms with Crippen molar-refractivity contribution in [1.29, 1.82) is 0 Å². The van der Waals surface area contributed by atoms with Gasteiger partial charge in [0.15, 0.2) is 0 Å². The summed E-state index contributed by atoms with van der Waals surface area (Å²) in [6, 6.07) is 26.9. The molecule has 0 spiro atoms. The van der Waals surface area contributed by atoms with Crippen molar-refractivity contribution in [3.63, 3.8) is 0 Å². The van der Waals surface area contributed by atoms with E-state index in [0.717, 1.165) is 61.4 Å². The van der Waals surface area contributed by atoms with Crippen LogP contribution >= 0.6 is 0 Å². The zero-order valence-corrected chi connectivity index (χ0v) is 25.6. The molecule has 0 atom stereocenters. The number of hydrogen-bond donors (Lipinski definition) is 2. The third-order valence-corrected chi connectivity index (χ3v) is 6.51. The number of ether oxygens (including phenoxy) is 4. The number of benzene rings is 4. The van der Waals surface area contributed by atoms with Crippen LogP contribution in [0.1, 0.15) is 38.5 Å². The second kappa shape index (κ2) is 19.7. The molecule has 0 heterocycles. The van der Waals surface area contributed by atoms with Gasteiger partial charge in [0.2, 0.25) is 0 Å². The molecule has 0 saturated carbocycles. The molecule has 4 N–H and O–H groups in total. The van der Waals surface area contributed by atoms with Crippen molar-refractivity contribution in [3.05, 3.63) is 117 Å². The molecular formula is C34H40N4O8. The zero-order chi connectivity index (χ0) is 33.0. The Morgan fingerprint density at radius 1 is 0.413 bits per heavy atom. The molecule has 46 heavy (non-hydrogen) atoms. The van der Waals surface area contributed by atoms with Crippen molar-refractivity contribution in [2.45, 2.75) is 38.5 Å². The van der Waals surface area contributed by atoms with E-state index in [4.69, 9.17) is 30.4 Å². The Morgan fingerprint density at radius 2 is 0.652 bits per heavy atom. The van der Waals surface area contributed by atoms with Crippen LogP contribution in [0.2, 0.25) is 0 Å². The summed E-state index contributed by atoms with van der Waals surface area (Å²) in [5.41, 5.74) is 12.8. The van der Waals surface area contributed by atoms with Gasteiger partial charge in [-0.1, -0.05) is 0 Å². The molecule has 244 valence electrons. The summed E-state index contributed by atoms with van der Waals surface area (Å²) in [6.45, 7) is 2.47. The Hall–Kier alpha value is -5.52. The molecule has 0 amide bonds. The fourth-order valence-corrected chi connectivity index (χ4v) is 3.98. The molecular weight excluding hydrogens is 592 g/mol. The third-order valence-electron chi connectivity index (χ3n) is 6.51. The van der Waals surface area contributed by atoms with Crippen LogP contribution in [0.25, 0.3) is 0 Å². The first-order valence-electron chi connectivity index (χ1n) is 15.0. The highest BCUT2D eigenvalue weighted by Crippen LogP contribution is 2.19. The number of nitrogens with zero attached hydrogens (tertiary/aromatic N) is 2. The van der Waals surface area contributed by atoms with E-state index >= 15 is 0 Å². The first-order valence-corrected chi connectivity index (χ1v) is 15.0. The summed E-state index contributed by atoms with van der Waals surface area (Å²) >= 11 is 0. The van der Waals surface area contributed by atoms with Gasteiger partial charge in [0.25, 0.3) is 11.4 Å². The lowest BCUT2D eigenvalue weighted by Crippen LogP contribution is -2.01. The van der Waals surface area contributed by atoms with Crippen molar-refractivity contribution in [2.75, 3.05) is 37.9 Å². The van der Waals surface area contributed by atoms with Gasteiger partial charge in [0.05, 0.1) is 36.3 Å². The number of rotatable bonds is 18. The number of unbranched alkanes of at least 4 members (excludes halogenated alkanes) is 4. The zero-order valence-electron chi connectivity index (χ0n) is 25.6. The second-order valence-electron chi connectivity index (χ2n) is 10.2. The Balaban J connectivity index is 0.000000254. The average Bonchev–Trinajstić information content (AvgIpc) is 3.06. The number of hydrogen-bond acceptors (Lipinski definition) is 10. The highest BCUT2D eigenvalue weighted by atomic mass is 16.6. The minimum atomic E-state index is -0.450. The number of nitro benzene ring substituents is 2. The number of anilines is 2. The molecule has 0 saturated heterocycles. The Bertz CT molecular complexity index is 1340. The predicted molar refractivity (Wildman–Crippen MR) is 178 cm³/mol. The maximum absolute atomic E-state index is 10.5. The van der Waals surface area contributed by atoms with Gasteiger partial charge in [-0.3, -0.25) is 20.2 Å². The monoisotopic (exact) mass is 632 g/mol. The van der Waals surface area contributed by atoms with Crippen LogP contribution in [0.3, 0.4) is 0 Å². The maximum atomic E-state index is 10.5. The molecule has 0 radical (unpaired) electrons.